The van der Waals surface area contributed by atoms with Crippen LogP contribution in [0.4, 0.5) is 5.69 Å². The molecule has 0 saturated carbocycles. The molecule has 0 spiro atoms. The lowest BCUT2D eigenvalue weighted by atomic mass is 10.0. The van der Waals surface area contributed by atoms with Gasteiger partial charge in [-0.25, -0.2) is 0 Å². The number of hydrazine groups is 1. The van der Waals surface area contributed by atoms with E-state index < -0.39 is 14.8 Å². The standard InChI is InChI=1S/C12H16N2O3P.H2O/c1-8-4-5-10-11(18(16)17-7-15)6-14(3)13-12(10)9(8)2;/h4-6,13,15H,7H2,1-3H3;1H2/q+1;. The Kier molecular flexibility index (Phi) is 5.03. The molecule has 1 aliphatic rings. The number of hydrogen-bond acceptors (Lipinski definition) is 5. The summed E-state index contributed by atoms with van der Waals surface area (Å²) in [5.74, 6) is 0. The Balaban J connectivity index is 0.00000180. The number of nitrogens with one attached hydrogen (secondary N) is 1. The fourth-order valence-electron chi connectivity index (χ4n) is 1.90. The number of nitrogens with zero attached hydrogens (tertiary/aromatic N) is 1. The lowest BCUT2D eigenvalue weighted by molar-refractivity contribution is 0.109. The van der Waals surface area contributed by atoms with Crippen molar-refractivity contribution in [3.63, 3.8) is 0 Å². The molecule has 7 heteroatoms. The summed E-state index contributed by atoms with van der Waals surface area (Å²) in [5, 5.41) is 11.0. The van der Waals surface area contributed by atoms with Crippen LogP contribution >= 0.6 is 8.03 Å². The summed E-state index contributed by atoms with van der Waals surface area (Å²) in [5.41, 5.74) is 7.26. The zero-order valence-corrected chi connectivity index (χ0v) is 12.0. The lowest BCUT2D eigenvalue weighted by Gasteiger charge is -2.25. The highest BCUT2D eigenvalue weighted by Crippen LogP contribution is 2.46. The highest BCUT2D eigenvalue weighted by atomic mass is 31.1. The molecule has 1 unspecified atom stereocenters. The molecule has 1 aromatic carbocycles. The number of aliphatic hydroxyl groups is 1. The van der Waals surface area contributed by atoms with Gasteiger partial charge in [0.05, 0.1) is 17.5 Å². The van der Waals surface area contributed by atoms with Crippen molar-refractivity contribution in [2.75, 3.05) is 19.3 Å². The fourth-order valence-corrected chi connectivity index (χ4v) is 2.80. The van der Waals surface area contributed by atoms with Crippen molar-refractivity contribution in [3.8, 4) is 0 Å². The van der Waals surface area contributed by atoms with Crippen LogP contribution < -0.4 is 5.43 Å². The zero-order chi connectivity index (χ0) is 13.3. The van der Waals surface area contributed by atoms with Crippen LogP contribution in [0.25, 0.3) is 5.31 Å². The monoisotopic (exact) mass is 285 g/mol. The van der Waals surface area contributed by atoms with Crippen LogP contribution in [0.2, 0.25) is 0 Å². The minimum Gasteiger partial charge on any atom is -0.412 e. The van der Waals surface area contributed by atoms with Gasteiger partial charge in [0, 0.05) is 7.05 Å². The lowest BCUT2D eigenvalue weighted by Crippen LogP contribution is -2.24. The first-order valence-electron chi connectivity index (χ1n) is 5.57. The number of hydrogen-bond donors (Lipinski definition) is 2. The van der Waals surface area contributed by atoms with Crippen LogP contribution in [0.5, 0.6) is 0 Å². The Hall–Kier alpha value is -1.46. The Labute approximate surface area is 112 Å². The zero-order valence-electron chi connectivity index (χ0n) is 11.1. The van der Waals surface area contributed by atoms with Gasteiger partial charge in [-0.05, 0) is 35.6 Å². The van der Waals surface area contributed by atoms with Gasteiger partial charge in [-0.3, -0.25) is 10.4 Å². The molecule has 1 atom stereocenters. The molecule has 4 N–H and O–H groups in total. The number of fused-ring (bicyclic) bond motifs is 1. The molecule has 0 aromatic heterocycles. The SMILES string of the molecule is Cc1ccc2c(c1C)NN(C)C=C2[P+](=O)OCO.O. The van der Waals surface area contributed by atoms with Crippen molar-refractivity contribution in [1.29, 1.82) is 0 Å². The Bertz CT molecular complexity index is 531. The van der Waals surface area contributed by atoms with Gasteiger partial charge in [0.1, 0.15) is 0 Å². The van der Waals surface area contributed by atoms with Gasteiger partial charge in [0.15, 0.2) is 6.79 Å². The van der Waals surface area contributed by atoms with E-state index >= 15 is 0 Å². The summed E-state index contributed by atoms with van der Waals surface area (Å²) in [6, 6.07) is 3.90. The average molecular weight is 285 g/mol. The van der Waals surface area contributed by atoms with Crippen molar-refractivity contribution < 1.29 is 19.7 Å². The molecule has 1 aromatic rings. The summed E-state index contributed by atoms with van der Waals surface area (Å²) in [6.45, 7) is 3.49. The first-order chi connectivity index (χ1) is 8.54. The van der Waals surface area contributed by atoms with E-state index in [1.165, 1.54) is 0 Å². The molecule has 0 fully saturated rings. The minimum absolute atomic E-state index is 0. The molecule has 1 aliphatic heterocycles. The largest absolute Gasteiger partial charge is 0.553 e. The fraction of sp³-hybridized carbons (Fsp3) is 0.333. The van der Waals surface area contributed by atoms with Gasteiger partial charge in [-0.1, -0.05) is 6.07 Å². The Morgan fingerprint density at radius 3 is 2.74 bits per heavy atom. The van der Waals surface area contributed by atoms with E-state index in [0.717, 1.165) is 22.4 Å². The Morgan fingerprint density at radius 1 is 1.42 bits per heavy atom. The summed E-state index contributed by atoms with van der Waals surface area (Å²) in [6.07, 6.45) is 1.71. The van der Waals surface area contributed by atoms with Gasteiger partial charge in [0.25, 0.3) is 5.31 Å². The number of aryl methyl sites for hydroxylation is 1. The quantitative estimate of drug-likeness (QED) is 0.652. The van der Waals surface area contributed by atoms with Crippen molar-refractivity contribution >= 4 is 19.0 Å². The number of rotatable bonds is 3. The predicted octanol–water partition coefficient (Wildman–Crippen LogP) is 1.76. The molecule has 104 valence electrons. The van der Waals surface area contributed by atoms with E-state index in [1.807, 2.05) is 33.0 Å². The summed E-state index contributed by atoms with van der Waals surface area (Å²) in [4.78, 5) is 0. The second kappa shape index (κ2) is 6.12. The smallest absolute Gasteiger partial charge is 0.412 e. The normalized spacial score (nSPS) is 14.0. The Morgan fingerprint density at radius 2 is 2.11 bits per heavy atom. The van der Waals surface area contributed by atoms with E-state index in [0.29, 0.717) is 5.31 Å². The van der Waals surface area contributed by atoms with Crippen LogP contribution in [0.3, 0.4) is 0 Å². The number of benzene rings is 1. The van der Waals surface area contributed by atoms with Gasteiger partial charge in [-0.15, -0.1) is 4.52 Å². The third-order valence-corrected chi connectivity index (χ3v) is 4.09. The molecule has 0 aliphatic carbocycles. The van der Waals surface area contributed by atoms with Gasteiger partial charge in [0.2, 0.25) is 0 Å². The second-order valence-corrected chi connectivity index (χ2v) is 5.44. The van der Waals surface area contributed by atoms with Crippen molar-refractivity contribution in [1.82, 2.24) is 5.01 Å². The molecular formula is C12H18N2O4P+. The van der Waals surface area contributed by atoms with Crippen molar-refractivity contribution in [2.45, 2.75) is 13.8 Å². The molecule has 0 radical (unpaired) electrons. The third-order valence-electron chi connectivity index (χ3n) is 2.99. The maximum Gasteiger partial charge on any atom is 0.553 e. The highest BCUT2D eigenvalue weighted by molar-refractivity contribution is 7.51. The first kappa shape index (κ1) is 15.6. The summed E-state index contributed by atoms with van der Waals surface area (Å²) in [7, 11) is -0.228. The van der Waals surface area contributed by atoms with Gasteiger partial charge >= 0.3 is 8.03 Å². The molecule has 0 amide bonds. The highest BCUT2D eigenvalue weighted by Gasteiger charge is 2.33. The van der Waals surface area contributed by atoms with Crippen LogP contribution in [0, 0.1) is 13.8 Å². The molecule has 0 saturated heterocycles. The molecule has 1 heterocycles. The maximum absolute atomic E-state index is 11.9. The topological polar surface area (TPSA) is 93.3 Å². The molecule has 19 heavy (non-hydrogen) atoms. The molecule has 0 bridgehead atoms. The number of anilines is 1. The predicted molar refractivity (Wildman–Crippen MR) is 74.7 cm³/mol. The van der Waals surface area contributed by atoms with Crippen molar-refractivity contribution in [2.24, 2.45) is 0 Å². The molecule has 6 nitrogen and oxygen atoms in total. The maximum atomic E-state index is 11.9. The van der Waals surface area contributed by atoms with Crippen LogP contribution in [0.15, 0.2) is 18.3 Å². The minimum atomic E-state index is -2.05. The van der Waals surface area contributed by atoms with Gasteiger partial charge in [-0.2, -0.15) is 0 Å². The van der Waals surface area contributed by atoms with E-state index in [9.17, 15) is 4.57 Å². The van der Waals surface area contributed by atoms with E-state index in [2.05, 4.69) is 5.43 Å². The summed E-state index contributed by atoms with van der Waals surface area (Å²) >= 11 is 0. The number of aliphatic hydroxyl groups excluding tert-OH is 1. The van der Waals surface area contributed by atoms with E-state index in [4.69, 9.17) is 9.63 Å². The molecular weight excluding hydrogens is 267 g/mol. The van der Waals surface area contributed by atoms with Crippen LogP contribution in [-0.2, 0) is 9.09 Å². The van der Waals surface area contributed by atoms with E-state index in [-0.39, 0.29) is 5.48 Å². The third kappa shape index (κ3) is 2.93. The van der Waals surface area contributed by atoms with E-state index in [1.54, 1.807) is 11.2 Å². The van der Waals surface area contributed by atoms with Gasteiger partial charge < -0.3 is 10.6 Å². The first-order valence-corrected chi connectivity index (χ1v) is 6.75. The van der Waals surface area contributed by atoms with Crippen molar-refractivity contribution in [3.05, 3.63) is 35.0 Å². The van der Waals surface area contributed by atoms with Crippen LogP contribution in [0.1, 0.15) is 16.7 Å². The summed E-state index contributed by atoms with van der Waals surface area (Å²) < 4.78 is 16.7. The second-order valence-electron chi connectivity index (χ2n) is 4.18. The molecule has 2 rings (SSSR count). The average Bonchev–Trinajstić information content (AvgIpc) is 2.34. The van der Waals surface area contributed by atoms with Crippen LogP contribution in [-0.4, -0.2) is 29.4 Å².